The van der Waals surface area contributed by atoms with E-state index in [0.29, 0.717) is 12.0 Å². The fraction of sp³-hybridized carbons (Fsp3) is 0.455. The van der Waals surface area contributed by atoms with Crippen molar-refractivity contribution in [2.75, 3.05) is 5.32 Å². The van der Waals surface area contributed by atoms with E-state index in [-0.39, 0.29) is 11.7 Å². The number of halogens is 3. The van der Waals surface area contributed by atoms with Crippen LogP contribution in [0.4, 0.5) is 18.9 Å². The third-order valence-corrected chi connectivity index (χ3v) is 2.73. The van der Waals surface area contributed by atoms with Crippen molar-refractivity contribution < 1.29 is 18.3 Å². The average Bonchev–Trinajstić information content (AvgIpc) is 2.15. The first-order valence-electron chi connectivity index (χ1n) is 5.04. The highest BCUT2D eigenvalue weighted by molar-refractivity contribution is 5.61. The maximum Gasteiger partial charge on any atom is 0.418 e. The van der Waals surface area contributed by atoms with Gasteiger partial charge in [-0.2, -0.15) is 13.2 Å². The number of para-hydroxylation sites is 1. The predicted molar refractivity (Wildman–Crippen MR) is 54.1 cm³/mol. The molecule has 0 fully saturated rings. The molecule has 2 atom stereocenters. The van der Waals surface area contributed by atoms with E-state index in [4.69, 9.17) is 0 Å². The Bertz CT molecular complexity index is 403. The van der Waals surface area contributed by atoms with Crippen molar-refractivity contribution in [2.45, 2.75) is 31.7 Å². The minimum atomic E-state index is -4.39. The number of fused-ring (bicyclic) bond motifs is 1. The minimum absolute atomic E-state index is 0.0150. The van der Waals surface area contributed by atoms with Crippen molar-refractivity contribution in [1.82, 2.24) is 0 Å². The van der Waals surface area contributed by atoms with Crippen molar-refractivity contribution in [3.63, 3.8) is 0 Å². The zero-order valence-electron chi connectivity index (χ0n) is 8.67. The summed E-state index contributed by atoms with van der Waals surface area (Å²) < 4.78 is 38.1. The van der Waals surface area contributed by atoms with Gasteiger partial charge in [0.25, 0.3) is 0 Å². The van der Waals surface area contributed by atoms with E-state index in [9.17, 15) is 18.3 Å². The second kappa shape index (κ2) is 3.66. The van der Waals surface area contributed by atoms with Crippen LogP contribution >= 0.6 is 0 Å². The van der Waals surface area contributed by atoms with Crippen LogP contribution in [-0.4, -0.2) is 11.1 Å². The summed E-state index contributed by atoms with van der Waals surface area (Å²) in [5.41, 5.74) is -0.371. The zero-order valence-corrected chi connectivity index (χ0v) is 8.67. The van der Waals surface area contributed by atoms with Gasteiger partial charge in [0.15, 0.2) is 0 Å². The molecule has 1 aliphatic heterocycles. The van der Waals surface area contributed by atoms with Gasteiger partial charge in [0.1, 0.15) is 0 Å². The number of benzene rings is 1. The summed E-state index contributed by atoms with van der Waals surface area (Å²) >= 11 is 0. The summed E-state index contributed by atoms with van der Waals surface area (Å²) in [5, 5.41) is 12.5. The molecule has 5 heteroatoms. The third-order valence-electron chi connectivity index (χ3n) is 2.73. The fourth-order valence-corrected chi connectivity index (χ4v) is 2.01. The van der Waals surface area contributed by atoms with Crippen LogP contribution in [0.15, 0.2) is 18.2 Å². The first-order valence-corrected chi connectivity index (χ1v) is 5.04. The molecule has 1 aliphatic rings. The Morgan fingerprint density at radius 3 is 2.69 bits per heavy atom. The summed E-state index contributed by atoms with van der Waals surface area (Å²) in [6.07, 6.45) is -4.79. The van der Waals surface area contributed by atoms with Gasteiger partial charge in [-0.05, 0) is 19.4 Å². The normalized spacial score (nSPS) is 24.8. The summed E-state index contributed by atoms with van der Waals surface area (Å²) in [5.74, 6) is 0. The van der Waals surface area contributed by atoms with Gasteiger partial charge in [-0.1, -0.05) is 12.1 Å². The quantitative estimate of drug-likeness (QED) is 0.719. The lowest BCUT2D eigenvalue weighted by atomic mass is 9.93. The molecule has 0 amide bonds. The van der Waals surface area contributed by atoms with Gasteiger partial charge in [0.2, 0.25) is 0 Å². The highest BCUT2D eigenvalue weighted by Crippen LogP contribution is 2.41. The van der Waals surface area contributed by atoms with Gasteiger partial charge >= 0.3 is 6.18 Å². The highest BCUT2D eigenvalue weighted by atomic mass is 19.4. The van der Waals surface area contributed by atoms with Crippen molar-refractivity contribution >= 4 is 5.69 Å². The van der Waals surface area contributed by atoms with Gasteiger partial charge in [0, 0.05) is 11.6 Å². The van der Waals surface area contributed by atoms with Crippen LogP contribution in [0.25, 0.3) is 0 Å². The van der Waals surface area contributed by atoms with Crippen LogP contribution < -0.4 is 5.32 Å². The molecular weight excluding hydrogens is 219 g/mol. The maximum atomic E-state index is 12.7. The number of anilines is 1. The highest BCUT2D eigenvalue weighted by Gasteiger charge is 2.37. The molecular formula is C11H12F3NO. The SMILES string of the molecule is CC1CC(O)c2cccc(C(F)(F)F)c2N1. The lowest BCUT2D eigenvalue weighted by molar-refractivity contribution is -0.137. The Kier molecular flexibility index (Phi) is 2.58. The van der Waals surface area contributed by atoms with Crippen LogP contribution in [0.3, 0.4) is 0 Å². The Balaban J connectivity index is 2.54. The molecule has 2 N–H and O–H groups in total. The Labute approximate surface area is 91.1 Å². The van der Waals surface area contributed by atoms with E-state index >= 15 is 0 Å². The molecule has 0 aliphatic carbocycles. The molecule has 0 aromatic heterocycles. The number of alkyl halides is 3. The first kappa shape index (κ1) is 11.3. The van der Waals surface area contributed by atoms with E-state index in [1.54, 1.807) is 6.92 Å². The summed E-state index contributed by atoms with van der Waals surface area (Å²) in [4.78, 5) is 0. The second-order valence-electron chi connectivity index (χ2n) is 4.06. The largest absolute Gasteiger partial charge is 0.418 e. The van der Waals surface area contributed by atoms with E-state index < -0.39 is 17.8 Å². The molecule has 88 valence electrons. The fourth-order valence-electron chi connectivity index (χ4n) is 2.01. The van der Waals surface area contributed by atoms with Gasteiger partial charge in [0.05, 0.1) is 17.4 Å². The summed E-state index contributed by atoms with van der Waals surface area (Å²) in [6.45, 7) is 1.75. The molecule has 1 heterocycles. The standard InChI is InChI=1S/C11H12F3NO/c1-6-5-9(16)7-3-2-4-8(10(7)15-6)11(12,13)14/h2-4,6,9,15-16H,5H2,1H3. The number of aliphatic hydroxyl groups excluding tert-OH is 1. The first-order chi connectivity index (χ1) is 7.39. The van der Waals surface area contributed by atoms with Crippen molar-refractivity contribution in [3.05, 3.63) is 29.3 Å². The average molecular weight is 231 g/mol. The number of nitrogens with one attached hydrogen (secondary N) is 1. The monoisotopic (exact) mass is 231 g/mol. The molecule has 0 bridgehead atoms. The minimum Gasteiger partial charge on any atom is -0.388 e. The molecule has 2 nitrogen and oxygen atoms in total. The molecule has 2 rings (SSSR count). The zero-order chi connectivity index (χ0) is 11.9. The second-order valence-corrected chi connectivity index (χ2v) is 4.06. The van der Waals surface area contributed by atoms with Crippen LogP contribution in [0.1, 0.15) is 30.6 Å². The van der Waals surface area contributed by atoms with Crippen molar-refractivity contribution in [3.8, 4) is 0 Å². The lowest BCUT2D eigenvalue weighted by Gasteiger charge is -2.30. The van der Waals surface area contributed by atoms with Crippen LogP contribution in [0.2, 0.25) is 0 Å². The van der Waals surface area contributed by atoms with E-state index in [0.717, 1.165) is 6.07 Å². The molecule has 1 aromatic rings. The molecule has 1 aromatic carbocycles. The molecule has 2 unspecified atom stereocenters. The van der Waals surface area contributed by atoms with E-state index in [1.807, 2.05) is 0 Å². The van der Waals surface area contributed by atoms with Gasteiger partial charge in [-0.3, -0.25) is 0 Å². The molecule has 0 spiro atoms. The van der Waals surface area contributed by atoms with Gasteiger partial charge < -0.3 is 10.4 Å². The Hall–Kier alpha value is -1.23. The van der Waals surface area contributed by atoms with E-state index in [1.165, 1.54) is 12.1 Å². The smallest absolute Gasteiger partial charge is 0.388 e. The Morgan fingerprint density at radius 1 is 1.38 bits per heavy atom. The molecule has 0 radical (unpaired) electrons. The maximum absolute atomic E-state index is 12.7. The van der Waals surface area contributed by atoms with E-state index in [2.05, 4.69) is 5.32 Å². The Morgan fingerprint density at radius 2 is 2.06 bits per heavy atom. The topological polar surface area (TPSA) is 32.3 Å². The van der Waals surface area contributed by atoms with Crippen LogP contribution in [0, 0.1) is 0 Å². The number of hydrogen-bond acceptors (Lipinski definition) is 2. The van der Waals surface area contributed by atoms with Gasteiger partial charge in [-0.15, -0.1) is 0 Å². The lowest BCUT2D eigenvalue weighted by Crippen LogP contribution is -2.27. The number of rotatable bonds is 0. The number of aliphatic hydroxyl groups is 1. The summed E-state index contributed by atoms with van der Waals surface area (Å²) in [6, 6.07) is 3.71. The van der Waals surface area contributed by atoms with Crippen molar-refractivity contribution in [2.24, 2.45) is 0 Å². The van der Waals surface area contributed by atoms with Crippen LogP contribution in [-0.2, 0) is 6.18 Å². The summed E-state index contributed by atoms with van der Waals surface area (Å²) in [7, 11) is 0. The third kappa shape index (κ3) is 1.87. The van der Waals surface area contributed by atoms with Crippen molar-refractivity contribution in [1.29, 1.82) is 0 Å². The van der Waals surface area contributed by atoms with Gasteiger partial charge in [-0.25, -0.2) is 0 Å². The number of hydrogen-bond donors (Lipinski definition) is 2. The molecule has 0 saturated heterocycles. The molecule has 0 saturated carbocycles. The predicted octanol–water partition coefficient (Wildman–Crippen LogP) is 2.94. The molecule has 16 heavy (non-hydrogen) atoms. The van der Waals surface area contributed by atoms with Crippen LogP contribution in [0.5, 0.6) is 0 Å².